The van der Waals surface area contributed by atoms with Gasteiger partial charge in [-0.25, -0.2) is 4.79 Å². The molecule has 0 saturated carbocycles. The van der Waals surface area contributed by atoms with E-state index in [1.165, 1.54) is 12.1 Å². The van der Waals surface area contributed by atoms with E-state index in [0.29, 0.717) is 25.1 Å². The van der Waals surface area contributed by atoms with Gasteiger partial charge in [-0.3, -0.25) is 4.79 Å². The molecule has 0 bridgehead atoms. The molecule has 4 rings (SSSR count). The molecule has 6 heteroatoms. The monoisotopic (exact) mass is 378 g/mol. The van der Waals surface area contributed by atoms with Crippen molar-refractivity contribution < 1.29 is 14.3 Å². The van der Waals surface area contributed by atoms with Gasteiger partial charge in [0.1, 0.15) is 11.3 Å². The van der Waals surface area contributed by atoms with Crippen molar-refractivity contribution in [1.29, 1.82) is 0 Å². The lowest BCUT2D eigenvalue weighted by Gasteiger charge is -2.15. The normalized spacial score (nSPS) is 13.0. The number of hydrogen-bond donors (Lipinski definition) is 2. The van der Waals surface area contributed by atoms with Crippen LogP contribution >= 0.6 is 0 Å². The highest BCUT2D eigenvalue weighted by atomic mass is 16.4. The molecule has 144 valence electrons. The topological polar surface area (TPSA) is 82.8 Å². The van der Waals surface area contributed by atoms with E-state index in [1.54, 1.807) is 11.8 Å². The number of carbonyl (C=O) groups is 1. The Labute approximate surface area is 162 Å². The van der Waals surface area contributed by atoms with Gasteiger partial charge >= 0.3 is 5.63 Å². The first-order chi connectivity index (χ1) is 13.5. The van der Waals surface area contributed by atoms with Gasteiger partial charge in [0.25, 0.3) is 0 Å². The summed E-state index contributed by atoms with van der Waals surface area (Å²) < 4.78 is 5.25. The Balaban J connectivity index is 1.63. The molecule has 0 saturated heterocycles. The van der Waals surface area contributed by atoms with Crippen molar-refractivity contribution in [2.24, 2.45) is 0 Å². The molecule has 0 atom stereocenters. The largest absolute Gasteiger partial charge is 0.508 e. The van der Waals surface area contributed by atoms with Gasteiger partial charge in [0.2, 0.25) is 5.91 Å². The number of nitrogens with zero attached hydrogens (tertiary/aromatic N) is 1. The van der Waals surface area contributed by atoms with Gasteiger partial charge in [0, 0.05) is 48.9 Å². The zero-order valence-corrected chi connectivity index (χ0v) is 15.9. The fourth-order valence-corrected chi connectivity index (χ4v) is 3.77. The van der Waals surface area contributed by atoms with Crippen LogP contribution in [0, 0.1) is 0 Å². The van der Waals surface area contributed by atoms with Gasteiger partial charge in [-0.2, -0.15) is 0 Å². The third-order valence-electron chi connectivity index (χ3n) is 5.25. The predicted octanol–water partition coefficient (Wildman–Crippen LogP) is 3.58. The summed E-state index contributed by atoms with van der Waals surface area (Å²) in [6.45, 7) is 4.70. The highest BCUT2D eigenvalue weighted by molar-refractivity contribution is 5.94. The van der Waals surface area contributed by atoms with Crippen molar-refractivity contribution in [2.45, 2.75) is 33.2 Å². The first-order valence-electron chi connectivity index (χ1n) is 9.39. The summed E-state index contributed by atoms with van der Waals surface area (Å²) >= 11 is 0. The second-order valence-corrected chi connectivity index (χ2v) is 7.04. The van der Waals surface area contributed by atoms with Gasteiger partial charge in [-0.1, -0.05) is 6.92 Å². The smallest absolute Gasteiger partial charge is 0.336 e. The number of carbonyl (C=O) groups excluding carboxylic acids is 1. The van der Waals surface area contributed by atoms with E-state index in [4.69, 9.17) is 4.42 Å². The van der Waals surface area contributed by atoms with Crippen molar-refractivity contribution in [3.8, 4) is 5.75 Å². The van der Waals surface area contributed by atoms with Crippen molar-refractivity contribution in [3.63, 3.8) is 0 Å². The molecule has 2 N–H and O–H groups in total. The Hall–Kier alpha value is -3.28. The Morgan fingerprint density at radius 1 is 1.21 bits per heavy atom. The molecule has 0 fully saturated rings. The lowest BCUT2D eigenvalue weighted by atomic mass is 10.0. The summed E-state index contributed by atoms with van der Waals surface area (Å²) in [4.78, 5) is 25.4. The first-order valence-corrected chi connectivity index (χ1v) is 9.39. The summed E-state index contributed by atoms with van der Waals surface area (Å²) in [7, 11) is 0. The maximum Gasteiger partial charge on any atom is 0.336 e. The van der Waals surface area contributed by atoms with Crippen LogP contribution in [0.1, 0.15) is 30.5 Å². The van der Waals surface area contributed by atoms with Crippen LogP contribution in [0.2, 0.25) is 0 Å². The van der Waals surface area contributed by atoms with Crippen LogP contribution in [-0.4, -0.2) is 17.6 Å². The lowest BCUT2D eigenvalue weighted by Crippen LogP contribution is -2.25. The van der Waals surface area contributed by atoms with Crippen LogP contribution in [-0.2, 0) is 24.2 Å². The summed E-state index contributed by atoms with van der Waals surface area (Å²) in [5.74, 6) is 0.189. The van der Waals surface area contributed by atoms with Gasteiger partial charge in [0.15, 0.2) is 0 Å². The SMILES string of the molecule is CCc1cc2c(CNc3ccc4c(c3)CCN4C(C)=O)cc(=O)oc2cc1O. The molecule has 0 spiro atoms. The number of anilines is 2. The average Bonchev–Trinajstić information content (AvgIpc) is 3.09. The second kappa shape index (κ2) is 7.03. The second-order valence-electron chi connectivity index (χ2n) is 7.04. The molecule has 2 heterocycles. The van der Waals surface area contributed by atoms with Crippen molar-refractivity contribution in [1.82, 2.24) is 0 Å². The lowest BCUT2D eigenvalue weighted by molar-refractivity contribution is -0.116. The van der Waals surface area contributed by atoms with Gasteiger partial charge < -0.3 is 19.7 Å². The summed E-state index contributed by atoms with van der Waals surface area (Å²) in [6.07, 6.45) is 1.52. The summed E-state index contributed by atoms with van der Waals surface area (Å²) in [5.41, 5.74) is 4.59. The third kappa shape index (κ3) is 3.22. The van der Waals surface area contributed by atoms with E-state index in [9.17, 15) is 14.7 Å². The molecule has 1 amide bonds. The molecule has 0 radical (unpaired) electrons. The Kier molecular flexibility index (Phi) is 4.55. The Morgan fingerprint density at radius 2 is 2.04 bits per heavy atom. The minimum atomic E-state index is -0.445. The molecule has 28 heavy (non-hydrogen) atoms. The molecule has 2 aromatic carbocycles. The molecule has 6 nitrogen and oxygen atoms in total. The van der Waals surface area contributed by atoms with Crippen LogP contribution in [0.25, 0.3) is 11.0 Å². The van der Waals surface area contributed by atoms with E-state index in [1.807, 2.05) is 25.1 Å². The number of phenols is 1. The first kappa shape index (κ1) is 18.1. The molecule has 1 aliphatic heterocycles. The minimum absolute atomic E-state index is 0.0527. The summed E-state index contributed by atoms with van der Waals surface area (Å²) in [6, 6.07) is 10.8. The van der Waals surface area contributed by atoms with Crippen LogP contribution in [0.5, 0.6) is 5.75 Å². The van der Waals surface area contributed by atoms with Crippen molar-refractivity contribution in [3.05, 3.63) is 63.5 Å². The van der Waals surface area contributed by atoms with E-state index in [-0.39, 0.29) is 11.7 Å². The van der Waals surface area contributed by atoms with Gasteiger partial charge in [-0.15, -0.1) is 0 Å². The van der Waals surface area contributed by atoms with Crippen LogP contribution < -0.4 is 15.8 Å². The number of phenolic OH excluding ortho intramolecular Hbond substituents is 1. The Morgan fingerprint density at radius 3 is 2.79 bits per heavy atom. The van der Waals surface area contributed by atoms with Crippen molar-refractivity contribution >= 4 is 28.3 Å². The molecule has 3 aromatic rings. The van der Waals surface area contributed by atoms with Crippen LogP contribution in [0.15, 0.2) is 45.6 Å². The van der Waals surface area contributed by atoms with Crippen LogP contribution in [0.4, 0.5) is 11.4 Å². The third-order valence-corrected chi connectivity index (χ3v) is 5.25. The summed E-state index contributed by atoms with van der Waals surface area (Å²) in [5, 5.41) is 14.2. The fourth-order valence-electron chi connectivity index (χ4n) is 3.77. The molecule has 1 aromatic heterocycles. The maximum absolute atomic E-state index is 11.9. The quantitative estimate of drug-likeness (QED) is 0.678. The van der Waals surface area contributed by atoms with Gasteiger partial charge in [-0.05, 0) is 53.8 Å². The number of aryl methyl sites for hydroxylation is 1. The number of aromatic hydroxyl groups is 1. The number of amides is 1. The standard InChI is InChI=1S/C22H22N2O4/c1-3-14-9-18-16(10-22(27)28-21(18)11-20(14)26)12-23-17-4-5-19-15(8-17)6-7-24(19)13(2)25/h4-5,8-11,23,26H,3,6-7,12H2,1-2H3. The predicted molar refractivity (Wildman–Crippen MR) is 109 cm³/mol. The average molecular weight is 378 g/mol. The number of fused-ring (bicyclic) bond motifs is 2. The maximum atomic E-state index is 11.9. The molecule has 1 aliphatic rings. The number of nitrogens with one attached hydrogen (secondary N) is 1. The zero-order valence-electron chi connectivity index (χ0n) is 15.9. The molecule has 0 unspecified atom stereocenters. The Bertz CT molecular complexity index is 1130. The van der Waals surface area contributed by atoms with E-state index in [0.717, 1.165) is 39.9 Å². The van der Waals surface area contributed by atoms with Gasteiger partial charge in [0.05, 0.1) is 0 Å². The zero-order chi connectivity index (χ0) is 19.8. The number of rotatable bonds is 4. The van der Waals surface area contributed by atoms with E-state index >= 15 is 0 Å². The van der Waals surface area contributed by atoms with Crippen LogP contribution in [0.3, 0.4) is 0 Å². The molecular weight excluding hydrogens is 356 g/mol. The van der Waals surface area contributed by atoms with E-state index in [2.05, 4.69) is 11.4 Å². The highest BCUT2D eigenvalue weighted by Crippen LogP contribution is 2.31. The molecule has 0 aliphatic carbocycles. The molecular formula is C22H22N2O4. The number of hydrogen-bond acceptors (Lipinski definition) is 5. The minimum Gasteiger partial charge on any atom is -0.508 e. The van der Waals surface area contributed by atoms with Crippen molar-refractivity contribution in [2.75, 3.05) is 16.8 Å². The number of benzene rings is 2. The highest BCUT2D eigenvalue weighted by Gasteiger charge is 2.22. The van der Waals surface area contributed by atoms with E-state index < -0.39 is 5.63 Å². The fraction of sp³-hybridized carbons (Fsp3) is 0.273.